The molecule has 3 rings (SSSR count). The molecule has 0 bridgehead atoms. The van der Waals surface area contributed by atoms with E-state index in [-0.39, 0.29) is 128 Å². The molecule has 2 aromatic carbocycles. The van der Waals surface area contributed by atoms with Crippen LogP contribution < -0.4 is 123 Å². The Balaban J connectivity index is 0.00000441. The number of nitrogens with zero attached hydrogens (tertiary/aromatic N) is 5. The number of aliphatic carboxylic acids is 1. The van der Waals surface area contributed by atoms with Gasteiger partial charge in [-0.15, -0.1) is 20.4 Å². The van der Waals surface area contributed by atoms with E-state index in [0.717, 1.165) is 10.1 Å². The second-order valence-corrected chi connectivity index (χ2v) is 12.2. The third-order valence-electron chi connectivity index (χ3n) is 5.13. The maximum atomic E-state index is 11.9. The largest absolute Gasteiger partial charge is 1.00 e. The van der Waals surface area contributed by atoms with Crippen molar-refractivity contribution >= 4 is 78.7 Å². The summed E-state index contributed by atoms with van der Waals surface area (Å²) in [4.78, 5) is 24.8. The molecule has 0 spiro atoms. The molecule has 13 nitrogen and oxygen atoms in total. The van der Waals surface area contributed by atoms with Gasteiger partial charge in [0, 0.05) is 43.0 Å². The Morgan fingerprint density at radius 2 is 1.76 bits per heavy atom. The molecule has 2 N–H and O–H groups in total. The predicted octanol–water partition coefficient (Wildman–Crippen LogP) is -2.34. The van der Waals surface area contributed by atoms with E-state index in [4.69, 9.17) is 0 Å². The fourth-order valence-electron chi connectivity index (χ4n) is 3.46. The van der Waals surface area contributed by atoms with Gasteiger partial charge in [0.05, 0.1) is 21.6 Å². The van der Waals surface area contributed by atoms with Crippen molar-refractivity contribution in [1.82, 2.24) is 10.2 Å². The van der Waals surface area contributed by atoms with Gasteiger partial charge in [0.25, 0.3) is 5.13 Å². The molecule has 0 unspecified atom stereocenters. The summed E-state index contributed by atoms with van der Waals surface area (Å²) >= 11 is 2.85. The second-order valence-electron chi connectivity index (χ2n) is 8.23. The van der Waals surface area contributed by atoms with E-state index in [0.29, 0.717) is 40.1 Å². The van der Waals surface area contributed by atoms with Gasteiger partial charge in [-0.2, -0.15) is 0 Å². The van der Waals surface area contributed by atoms with Crippen molar-refractivity contribution < 1.29 is 130 Å². The SMILES string of the molecule is CCSc1nnc(N=Nc2ccc(N(CCCC(=O)[O-])c3ccc(NCCS(=O)(=O)[O-])cc3)cc2NC(C)=O)s1.[K+].[K+]. The van der Waals surface area contributed by atoms with Crippen molar-refractivity contribution in [2.45, 2.75) is 31.0 Å². The van der Waals surface area contributed by atoms with Gasteiger partial charge < -0.3 is 30.0 Å². The normalized spacial score (nSPS) is 10.9. The summed E-state index contributed by atoms with van der Waals surface area (Å²) in [5.41, 5.74) is 2.74. The molecule has 0 saturated heterocycles. The Kier molecular flexibility index (Phi) is 18.8. The summed E-state index contributed by atoms with van der Waals surface area (Å²) in [6.07, 6.45) is 0.139. The molecule has 1 amide bonds. The van der Waals surface area contributed by atoms with Gasteiger partial charge in [-0.3, -0.25) is 4.79 Å². The number of carboxylic acid groups (broad SMARTS) is 1. The molecule has 0 aliphatic carbocycles. The zero-order chi connectivity index (χ0) is 29.1. The summed E-state index contributed by atoms with van der Waals surface area (Å²) < 4.78 is 33.3. The molecule has 0 aliphatic heterocycles. The number of aromatic nitrogens is 2. The molecule has 1 heterocycles. The molecular weight excluding hydrogens is 657 g/mol. The number of carbonyl (C=O) groups excluding carboxylic acids is 2. The molecule has 0 atom stereocenters. The van der Waals surface area contributed by atoms with Gasteiger partial charge in [0.2, 0.25) is 5.91 Å². The Morgan fingerprint density at radius 3 is 2.38 bits per heavy atom. The first kappa shape index (κ1) is 39.7. The van der Waals surface area contributed by atoms with Gasteiger partial charge in [0.15, 0.2) is 4.34 Å². The van der Waals surface area contributed by atoms with Crippen molar-refractivity contribution in [3.63, 3.8) is 0 Å². The van der Waals surface area contributed by atoms with E-state index in [1.807, 2.05) is 11.8 Å². The Labute approximate surface area is 337 Å². The topological polar surface area (TPSA) is 192 Å². The number of rotatable bonds is 15. The van der Waals surface area contributed by atoms with E-state index in [2.05, 4.69) is 31.1 Å². The van der Waals surface area contributed by atoms with Gasteiger partial charge in [-0.1, -0.05) is 30.0 Å². The van der Waals surface area contributed by atoms with Crippen LogP contribution in [0.3, 0.4) is 0 Å². The van der Waals surface area contributed by atoms with E-state index >= 15 is 0 Å². The van der Waals surface area contributed by atoms with Crippen molar-refractivity contribution in [3.05, 3.63) is 42.5 Å². The predicted molar refractivity (Wildman–Crippen MR) is 152 cm³/mol. The monoisotopic (exact) mass is 683 g/mol. The van der Waals surface area contributed by atoms with Crippen LogP contribution in [0, 0.1) is 0 Å². The van der Waals surface area contributed by atoms with E-state index in [1.54, 1.807) is 54.2 Å². The number of carboxylic acids is 1. The number of hydrogen-bond donors (Lipinski definition) is 2. The Morgan fingerprint density at radius 1 is 1.07 bits per heavy atom. The van der Waals surface area contributed by atoms with Gasteiger partial charge >= 0.3 is 103 Å². The Hall–Kier alpha value is -0.327. The quantitative estimate of drug-likeness (QED) is 0.0755. The average molecular weight is 684 g/mol. The summed E-state index contributed by atoms with van der Waals surface area (Å²) in [6, 6.07) is 12.1. The number of anilines is 4. The minimum absolute atomic E-state index is 0. The number of carbonyl (C=O) groups is 2. The summed E-state index contributed by atoms with van der Waals surface area (Å²) in [6.45, 7) is 3.66. The van der Waals surface area contributed by atoms with Crippen LogP contribution in [-0.4, -0.2) is 59.6 Å². The number of nitrogens with one attached hydrogen (secondary N) is 2. The average Bonchev–Trinajstić information content (AvgIpc) is 3.33. The maximum Gasteiger partial charge on any atom is 1.00 e. The second kappa shape index (κ2) is 19.9. The first-order valence-corrected chi connectivity index (χ1v) is 15.5. The summed E-state index contributed by atoms with van der Waals surface area (Å²) in [5.74, 6) is -1.17. The van der Waals surface area contributed by atoms with Crippen molar-refractivity contribution in [1.29, 1.82) is 0 Å². The fourth-order valence-corrected chi connectivity index (χ4v) is 5.37. The van der Waals surface area contributed by atoms with Gasteiger partial charge in [0.1, 0.15) is 5.69 Å². The third-order valence-corrected chi connectivity index (χ3v) is 7.66. The minimum Gasteiger partial charge on any atom is -0.748 e. The molecule has 0 aliphatic rings. The zero-order valence-corrected chi connectivity index (χ0v) is 32.4. The third kappa shape index (κ3) is 14.2. The fraction of sp³-hybridized carbons (Fsp3) is 0.333. The smallest absolute Gasteiger partial charge is 0.748 e. The minimum atomic E-state index is -4.33. The number of amides is 1. The molecule has 42 heavy (non-hydrogen) atoms. The molecule has 1 aromatic heterocycles. The van der Waals surface area contributed by atoms with Gasteiger partial charge in [-0.05, 0) is 61.1 Å². The van der Waals surface area contributed by atoms with Crippen molar-refractivity contribution in [2.24, 2.45) is 10.2 Å². The van der Waals surface area contributed by atoms with Crippen molar-refractivity contribution in [3.8, 4) is 0 Å². The Bertz CT molecular complexity index is 1460. The molecular formula is C24H27K2N7O6S3. The molecule has 0 fully saturated rings. The standard InChI is InChI=1S/C24H29N7O6S3.2K/c1-3-38-24-30-29-23(39-24)28-27-20-11-10-19(15-21(20)26-16(2)32)31(13-4-5-22(33)34)18-8-6-17(7-9-18)25-12-14-40(35,36)37;;/h6-11,15,25H,3-5,12-14H2,1-2H3,(H,26,32)(H,33,34)(H,35,36,37);;/q;2*+1/p-2. The first-order valence-electron chi connectivity index (χ1n) is 12.1. The van der Waals surface area contributed by atoms with E-state index in [9.17, 15) is 27.7 Å². The molecule has 0 radical (unpaired) electrons. The molecule has 214 valence electrons. The van der Waals surface area contributed by atoms with Crippen LogP contribution in [-0.2, 0) is 19.7 Å². The molecule has 3 aromatic rings. The number of benzene rings is 2. The first-order chi connectivity index (χ1) is 19.0. The van der Waals surface area contributed by atoms with Crippen LogP contribution in [0.25, 0.3) is 0 Å². The van der Waals surface area contributed by atoms with E-state index in [1.165, 1.54) is 18.3 Å². The van der Waals surface area contributed by atoms with E-state index < -0.39 is 21.8 Å². The van der Waals surface area contributed by atoms with Crippen LogP contribution in [0.5, 0.6) is 0 Å². The number of azo groups is 1. The van der Waals surface area contributed by atoms with Crippen LogP contribution >= 0.6 is 23.1 Å². The van der Waals surface area contributed by atoms with Gasteiger partial charge in [-0.25, -0.2) is 8.42 Å². The van der Waals surface area contributed by atoms with Crippen LogP contribution in [0.15, 0.2) is 57.0 Å². The van der Waals surface area contributed by atoms with Crippen LogP contribution in [0.1, 0.15) is 26.7 Å². The summed E-state index contributed by atoms with van der Waals surface area (Å²) in [5, 5.41) is 33.5. The van der Waals surface area contributed by atoms with Crippen LogP contribution in [0.4, 0.5) is 33.6 Å². The summed E-state index contributed by atoms with van der Waals surface area (Å²) in [7, 11) is -4.33. The number of thioether (sulfide) groups is 1. The van der Waals surface area contributed by atoms with Crippen LogP contribution in [0.2, 0.25) is 0 Å². The molecule has 0 saturated carbocycles. The van der Waals surface area contributed by atoms with Crippen molar-refractivity contribution in [2.75, 3.05) is 40.1 Å². The number of hydrogen-bond acceptors (Lipinski definition) is 14. The zero-order valence-electron chi connectivity index (χ0n) is 23.7. The maximum absolute atomic E-state index is 11.9. The molecule has 18 heteroatoms.